The summed E-state index contributed by atoms with van der Waals surface area (Å²) in [7, 11) is -3.17. The molecule has 0 radical (unpaired) electrons. The number of hydrogen-bond acceptors (Lipinski definition) is 4. The van der Waals surface area contributed by atoms with E-state index in [-0.39, 0.29) is 5.75 Å². The van der Waals surface area contributed by atoms with Crippen LogP contribution >= 0.6 is 0 Å². The Labute approximate surface area is 115 Å². The third-order valence-corrected chi connectivity index (χ3v) is 5.37. The van der Waals surface area contributed by atoms with E-state index >= 15 is 0 Å². The van der Waals surface area contributed by atoms with E-state index in [4.69, 9.17) is 0 Å². The van der Waals surface area contributed by atoms with Crippen molar-refractivity contribution in [2.24, 2.45) is 0 Å². The summed E-state index contributed by atoms with van der Waals surface area (Å²) in [5.74, 6) is 0.133. The highest BCUT2D eigenvalue weighted by Gasteiger charge is 2.21. The molecule has 2 N–H and O–H groups in total. The van der Waals surface area contributed by atoms with Gasteiger partial charge in [0, 0.05) is 12.1 Å². The van der Waals surface area contributed by atoms with Gasteiger partial charge in [-0.3, -0.25) is 0 Å². The lowest BCUT2D eigenvalue weighted by Gasteiger charge is -2.30. The van der Waals surface area contributed by atoms with Gasteiger partial charge in [0.1, 0.15) is 0 Å². The molecule has 2 rings (SSSR count). The lowest BCUT2D eigenvalue weighted by Crippen LogP contribution is -2.41. The molecule has 4 nitrogen and oxygen atoms in total. The molecule has 106 valence electrons. The molecule has 2 atom stereocenters. The summed E-state index contributed by atoms with van der Waals surface area (Å²) in [6.07, 6.45) is 2.03. The topological polar surface area (TPSA) is 58.2 Å². The fourth-order valence-corrected chi connectivity index (χ4v) is 3.55. The summed E-state index contributed by atoms with van der Waals surface area (Å²) in [5.41, 5.74) is 0.739. The van der Waals surface area contributed by atoms with Crippen LogP contribution in [-0.2, 0) is 9.84 Å². The van der Waals surface area contributed by atoms with Crippen LogP contribution in [-0.4, -0.2) is 32.8 Å². The van der Waals surface area contributed by atoms with Gasteiger partial charge in [-0.2, -0.15) is 0 Å². The first-order valence-corrected chi connectivity index (χ1v) is 8.50. The molecule has 1 aromatic rings. The highest BCUT2D eigenvalue weighted by Crippen LogP contribution is 2.24. The third kappa shape index (κ3) is 3.48. The average Bonchev–Trinajstić information content (AvgIpc) is 2.39. The van der Waals surface area contributed by atoms with Gasteiger partial charge in [-0.1, -0.05) is 19.1 Å². The summed E-state index contributed by atoms with van der Waals surface area (Å²) in [5, 5.41) is 6.80. The average molecular weight is 282 g/mol. The zero-order valence-corrected chi connectivity index (χ0v) is 12.3. The Bertz CT molecular complexity index is 528. The van der Waals surface area contributed by atoms with Crippen LogP contribution in [0.1, 0.15) is 26.7 Å². The maximum absolute atomic E-state index is 12.1. The molecular weight excluding hydrogens is 260 g/mol. The van der Waals surface area contributed by atoms with E-state index in [1.807, 2.05) is 12.1 Å². The van der Waals surface area contributed by atoms with Crippen LogP contribution in [0.2, 0.25) is 0 Å². The second kappa shape index (κ2) is 5.92. The van der Waals surface area contributed by atoms with Crippen LogP contribution in [0.4, 0.5) is 5.69 Å². The van der Waals surface area contributed by atoms with Crippen LogP contribution in [0.5, 0.6) is 0 Å². The molecule has 0 spiro atoms. The van der Waals surface area contributed by atoms with Crippen molar-refractivity contribution in [3.05, 3.63) is 24.3 Å². The Morgan fingerprint density at radius 1 is 1.37 bits per heavy atom. The summed E-state index contributed by atoms with van der Waals surface area (Å²) in [6.45, 7) is 4.81. The van der Waals surface area contributed by atoms with E-state index in [9.17, 15) is 8.42 Å². The normalized spacial score (nSPS) is 24.1. The Balaban J connectivity index is 2.21. The van der Waals surface area contributed by atoms with E-state index in [0.717, 1.165) is 25.1 Å². The Morgan fingerprint density at radius 2 is 2.11 bits per heavy atom. The minimum Gasteiger partial charge on any atom is -0.381 e. The van der Waals surface area contributed by atoms with Crippen molar-refractivity contribution in [3.63, 3.8) is 0 Å². The minimum atomic E-state index is -3.17. The van der Waals surface area contributed by atoms with Crippen molar-refractivity contribution in [2.45, 2.75) is 43.7 Å². The third-order valence-electron chi connectivity index (χ3n) is 3.59. The quantitative estimate of drug-likeness (QED) is 0.887. The standard InChI is InChI=1S/C14H22N2O2S/c1-3-19(17,18)14-7-5-4-6-13(14)16-12-8-9-15-11(2)10-12/h4-7,11-12,15-16H,3,8-10H2,1-2H3. The van der Waals surface area contributed by atoms with Gasteiger partial charge < -0.3 is 10.6 Å². The summed E-state index contributed by atoms with van der Waals surface area (Å²) in [6, 6.07) is 8.01. The van der Waals surface area contributed by atoms with Crippen molar-refractivity contribution in [1.29, 1.82) is 0 Å². The first-order chi connectivity index (χ1) is 9.03. The van der Waals surface area contributed by atoms with Crippen molar-refractivity contribution in [3.8, 4) is 0 Å². The molecule has 0 saturated carbocycles. The maximum Gasteiger partial charge on any atom is 0.180 e. The maximum atomic E-state index is 12.1. The van der Waals surface area contributed by atoms with Gasteiger partial charge in [0.15, 0.2) is 9.84 Å². The molecule has 0 aromatic heterocycles. The van der Waals surface area contributed by atoms with Crippen molar-refractivity contribution in [1.82, 2.24) is 5.32 Å². The SMILES string of the molecule is CCS(=O)(=O)c1ccccc1NC1CCNC(C)C1. The fraction of sp³-hybridized carbons (Fsp3) is 0.571. The fourth-order valence-electron chi connectivity index (χ4n) is 2.50. The lowest BCUT2D eigenvalue weighted by atomic mass is 10.0. The summed E-state index contributed by atoms with van der Waals surface area (Å²) < 4.78 is 24.2. The van der Waals surface area contributed by atoms with E-state index in [2.05, 4.69) is 17.6 Å². The summed E-state index contributed by atoms with van der Waals surface area (Å²) >= 11 is 0. The van der Waals surface area contributed by atoms with E-state index in [0.29, 0.717) is 17.0 Å². The van der Waals surface area contributed by atoms with Crippen LogP contribution in [0.15, 0.2) is 29.2 Å². The minimum absolute atomic E-state index is 0.133. The van der Waals surface area contributed by atoms with Crippen LogP contribution in [0, 0.1) is 0 Å². The smallest absolute Gasteiger partial charge is 0.180 e. The molecule has 1 aliphatic rings. The molecular formula is C14H22N2O2S. The second-order valence-corrected chi connectivity index (χ2v) is 7.37. The van der Waals surface area contributed by atoms with Crippen LogP contribution in [0.3, 0.4) is 0 Å². The van der Waals surface area contributed by atoms with Gasteiger partial charge in [-0.25, -0.2) is 8.42 Å². The first-order valence-electron chi connectivity index (χ1n) is 6.84. The number of nitrogens with one attached hydrogen (secondary N) is 2. The molecule has 2 unspecified atom stereocenters. The van der Waals surface area contributed by atoms with E-state index in [1.165, 1.54) is 0 Å². The molecule has 1 saturated heterocycles. The molecule has 0 aliphatic carbocycles. The van der Waals surface area contributed by atoms with Crippen molar-refractivity contribution >= 4 is 15.5 Å². The van der Waals surface area contributed by atoms with Crippen LogP contribution in [0.25, 0.3) is 0 Å². The lowest BCUT2D eigenvalue weighted by molar-refractivity contribution is 0.396. The van der Waals surface area contributed by atoms with E-state index in [1.54, 1.807) is 19.1 Å². The molecule has 1 aliphatic heterocycles. The number of benzene rings is 1. The van der Waals surface area contributed by atoms with Gasteiger partial charge in [0.05, 0.1) is 16.3 Å². The monoisotopic (exact) mass is 282 g/mol. The number of hydrogen-bond donors (Lipinski definition) is 2. The van der Waals surface area contributed by atoms with Crippen molar-refractivity contribution in [2.75, 3.05) is 17.6 Å². The zero-order chi connectivity index (χ0) is 13.9. The molecule has 0 amide bonds. The predicted octanol–water partition coefficient (Wildman–Crippen LogP) is 2.03. The summed E-state index contributed by atoms with van der Waals surface area (Å²) in [4.78, 5) is 0.420. The highest BCUT2D eigenvalue weighted by atomic mass is 32.2. The Kier molecular flexibility index (Phi) is 4.47. The largest absolute Gasteiger partial charge is 0.381 e. The molecule has 5 heteroatoms. The van der Waals surface area contributed by atoms with Gasteiger partial charge in [0.2, 0.25) is 0 Å². The molecule has 1 fully saturated rings. The molecule has 19 heavy (non-hydrogen) atoms. The zero-order valence-electron chi connectivity index (χ0n) is 11.5. The Hall–Kier alpha value is -1.07. The first kappa shape index (κ1) is 14.3. The second-order valence-electron chi connectivity index (χ2n) is 5.12. The van der Waals surface area contributed by atoms with Gasteiger partial charge in [-0.15, -0.1) is 0 Å². The number of rotatable bonds is 4. The number of anilines is 1. The molecule has 1 aromatic carbocycles. The van der Waals surface area contributed by atoms with Gasteiger partial charge in [-0.05, 0) is 38.4 Å². The number of para-hydroxylation sites is 1. The van der Waals surface area contributed by atoms with Crippen molar-refractivity contribution < 1.29 is 8.42 Å². The highest BCUT2D eigenvalue weighted by molar-refractivity contribution is 7.91. The predicted molar refractivity (Wildman–Crippen MR) is 78.3 cm³/mol. The van der Waals surface area contributed by atoms with Gasteiger partial charge >= 0.3 is 0 Å². The van der Waals surface area contributed by atoms with Crippen LogP contribution < -0.4 is 10.6 Å². The van der Waals surface area contributed by atoms with E-state index < -0.39 is 9.84 Å². The molecule has 1 heterocycles. The Morgan fingerprint density at radius 3 is 2.79 bits per heavy atom. The molecule has 0 bridgehead atoms. The number of sulfone groups is 1. The number of piperidine rings is 1. The van der Waals surface area contributed by atoms with Gasteiger partial charge in [0.25, 0.3) is 0 Å².